The molecular weight excluding hydrogens is 206 g/mol. The molecule has 1 nitrogen and oxygen atoms in total. The van der Waals surface area contributed by atoms with Crippen molar-refractivity contribution < 1.29 is 0 Å². The molecule has 1 aliphatic rings. The van der Waals surface area contributed by atoms with Gasteiger partial charge in [0.15, 0.2) is 0 Å². The van der Waals surface area contributed by atoms with Gasteiger partial charge in [0.2, 0.25) is 0 Å². The van der Waals surface area contributed by atoms with E-state index in [1.165, 1.54) is 43.2 Å². The third-order valence-corrected chi connectivity index (χ3v) is 3.92. The Balaban J connectivity index is 2.10. The van der Waals surface area contributed by atoms with Crippen LogP contribution in [0.15, 0.2) is 24.3 Å². The first kappa shape index (κ1) is 12.6. The SMILES string of the molecule is CCCNC(c1ccc(C)cc1)C1CCCC1. The Morgan fingerprint density at radius 2 is 1.82 bits per heavy atom. The van der Waals surface area contributed by atoms with Crippen molar-refractivity contribution in [2.75, 3.05) is 6.54 Å². The predicted molar refractivity (Wildman–Crippen MR) is 74.2 cm³/mol. The fourth-order valence-electron chi connectivity index (χ4n) is 2.92. The first-order valence-corrected chi connectivity index (χ1v) is 7.11. The summed E-state index contributed by atoms with van der Waals surface area (Å²) in [6.45, 7) is 5.54. The van der Waals surface area contributed by atoms with Crippen molar-refractivity contribution in [1.29, 1.82) is 0 Å². The van der Waals surface area contributed by atoms with Crippen LogP contribution >= 0.6 is 0 Å². The molecule has 0 saturated heterocycles. The summed E-state index contributed by atoms with van der Waals surface area (Å²) in [5, 5.41) is 3.75. The number of hydrogen-bond acceptors (Lipinski definition) is 1. The highest BCUT2D eigenvalue weighted by Gasteiger charge is 2.25. The van der Waals surface area contributed by atoms with Crippen molar-refractivity contribution >= 4 is 0 Å². The molecule has 0 amide bonds. The minimum atomic E-state index is 0.582. The van der Waals surface area contributed by atoms with Crippen LogP contribution in [0.1, 0.15) is 56.2 Å². The second kappa shape index (κ2) is 6.20. The second-order valence-corrected chi connectivity index (χ2v) is 5.39. The maximum Gasteiger partial charge on any atom is 0.0348 e. The Morgan fingerprint density at radius 3 is 2.41 bits per heavy atom. The highest BCUT2D eigenvalue weighted by Crippen LogP contribution is 2.35. The molecule has 0 radical (unpaired) electrons. The van der Waals surface area contributed by atoms with E-state index in [4.69, 9.17) is 0 Å². The zero-order valence-electron chi connectivity index (χ0n) is 11.2. The average molecular weight is 231 g/mol. The van der Waals surface area contributed by atoms with Gasteiger partial charge in [-0.2, -0.15) is 0 Å². The van der Waals surface area contributed by atoms with Crippen LogP contribution in [0.5, 0.6) is 0 Å². The van der Waals surface area contributed by atoms with Crippen LogP contribution in [0, 0.1) is 12.8 Å². The van der Waals surface area contributed by atoms with Crippen molar-refractivity contribution in [3.8, 4) is 0 Å². The summed E-state index contributed by atoms with van der Waals surface area (Å²) in [5.41, 5.74) is 2.84. The molecule has 0 bridgehead atoms. The summed E-state index contributed by atoms with van der Waals surface area (Å²) in [6.07, 6.45) is 6.85. The number of nitrogens with one attached hydrogen (secondary N) is 1. The van der Waals surface area contributed by atoms with Gasteiger partial charge in [-0.15, -0.1) is 0 Å². The molecule has 1 aromatic rings. The summed E-state index contributed by atoms with van der Waals surface area (Å²) in [7, 11) is 0. The fraction of sp³-hybridized carbons (Fsp3) is 0.625. The molecular formula is C16H25N. The highest BCUT2D eigenvalue weighted by molar-refractivity contribution is 5.24. The van der Waals surface area contributed by atoms with E-state index in [1.54, 1.807) is 0 Å². The molecule has 1 heteroatoms. The van der Waals surface area contributed by atoms with Crippen molar-refractivity contribution in [1.82, 2.24) is 5.32 Å². The smallest absolute Gasteiger partial charge is 0.0348 e. The standard InChI is InChI=1S/C16H25N/c1-3-12-17-16(14-6-4-5-7-14)15-10-8-13(2)9-11-15/h8-11,14,16-17H,3-7,12H2,1-2H3. The number of benzene rings is 1. The molecule has 1 unspecified atom stereocenters. The predicted octanol–water partition coefficient (Wildman–Crippen LogP) is 4.23. The van der Waals surface area contributed by atoms with Crippen LogP contribution < -0.4 is 5.32 Å². The fourth-order valence-corrected chi connectivity index (χ4v) is 2.92. The van der Waals surface area contributed by atoms with Crippen LogP contribution in [-0.4, -0.2) is 6.54 Å². The minimum Gasteiger partial charge on any atom is -0.310 e. The number of rotatable bonds is 5. The van der Waals surface area contributed by atoms with Gasteiger partial charge in [0.1, 0.15) is 0 Å². The van der Waals surface area contributed by atoms with Crippen LogP contribution in [0.3, 0.4) is 0 Å². The Morgan fingerprint density at radius 1 is 1.18 bits per heavy atom. The van der Waals surface area contributed by atoms with E-state index in [0.717, 1.165) is 12.5 Å². The van der Waals surface area contributed by atoms with Gasteiger partial charge in [0.05, 0.1) is 0 Å². The quantitative estimate of drug-likeness (QED) is 0.800. The van der Waals surface area contributed by atoms with Gasteiger partial charge in [-0.25, -0.2) is 0 Å². The molecule has 0 aromatic heterocycles. The van der Waals surface area contributed by atoms with E-state index in [2.05, 4.69) is 43.4 Å². The molecule has 17 heavy (non-hydrogen) atoms. The average Bonchev–Trinajstić information content (AvgIpc) is 2.85. The van der Waals surface area contributed by atoms with E-state index in [0.29, 0.717) is 6.04 Å². The summed E-state index contributed by atoms with van der Waals surface area (Å²) in [5.74, 6) is 0.851. The summed E-state index contributed by atoms with van der Waals surface area (Å²) < 4.78 is 0. The van der Waals surface area contributed by atoms with Gasteiger partial charge in [-0.05, 0) is 44.2 Å². The van der Waals surface area contributed by atoms with Crippen LogP contribution in [-0.2, 0) is 0 Å². The first-order chi connectivity index (χ1) is 8.31. The van der Waals surface area contributed by atoms with Crippen molar-refractivity contribution in [2.24, 2.45) is 5.92 Å². The van der Waals surface area contributed by atoms with Crippen LogP contribution in [0.4, 0.5) is 0 Å². The minimum absolute atomic E-state index is 0.582. The lowest BCUT2D eigenvalue weighted by Gasteiger charge is -2.25. The number of aryl methyl sites for hydroxylation is 1. The third kappa shape index (κ3) is 3.32. The maximum absolute atomic E-state index is 3.75. The molecule has 1 fully saturated rings. The van der Waals surface area contributed by atoms with E-state index < -0.39 is 0 Å². The van der Waals surface area contributed by atoms with Crippen LogP contribution in [0.2, 0.25) is 0 Å². The van der Waals surface area contributed by atoms with Crippen molar-refractivity contribution in [3.63, 3.8) is 0 Å². The highest BCUT2D eigenvalue weighted by atomic mass is 14.9. The van der Waals surface area contributed by atoms with Gasteiger partial charge in [-0.1, -0.05) is 49.6 Å². The van der Waals surface area contributed by atoms with E-state index in [1.807, 2.05) is 0 Å². The summed E-state index contributed by atoms with van der Waals surface area (Å²) in [6, 6.07) is 9.68. The molecule has 0 spiro atoms. The molecule has 0 heterocycles. The summed E-state index contributed by atoms with van der Waals surface area (Å²) in [4.78, 5) is 0. The molecule has 1 atom stereocenters. The zero-order chi connectivity index (χ0) is 12.1. The van der Waals surface area contributed by atoms with Crippen LogP contribution in [0.25, 0.3) is 0 Å². The van der Waals surface area contributed by atoms with Gasteiger partial charge >= 0.3 is 0 Å². The summed E-state index contributed by atoms with van der Waals surface area (Å²) >= 11 is 0. The van der Waals surface area contributed by atoms with E-state index >= 15 is 0 Å². The first-order valence-electron chi connectivity index (χ1n) is 7.11. The maximum atomic E-state index is 3.75. The van der Waals surface area contributed by atoms with Gasteiger partial charge < -0.3 is 5.32 Å². The van der Waals surface area contributed by atoms with Crippen molar-refractivity contribution in [3.05, 3.63) is 35.4 Å². The molecule has 94 valence electrons. The molecule has 2 rings (SSSR count). The lowest BCUT2D eigenvalue weighted by atomic mass is 9.91. The zero-order valence-corrected chi connectivity index (χ0v) is 11.2. The third-order valence-electron chi connectivity index (χ3n) is 3.92. The topological polar surface area (TPSA) is 12.0 Å². The molecule has 1 aromatic carbocycles. The Labute approximate surface area is 106 Å². The van der Waals surface area contributed by atoms with Crippen molar-refractivity contribution in [2.45, 2.75) is 52.0 Å². The lowest BCUT2D eigenvalue weighted by molar-refractivity contribution is 0.368. The molecule has 1 saturated carbocycles. The Kier molecular flexibility index (Phi) is 4.61. The van der Waals surface area contributed by atoms with Gasteiger partial charge in [0, 0.05) is 6.04 Å². The van der Waals surface area contributed by atoms with E-state index in [-0.39, 0.29) is 0 Å². The molecule has 1 aliphatic carbocycles. The monoisotopic (exact) mass is 231 g/mol. The Bertz CT molecular complexity index is 322. The molecule has 0 aliphatic heterocycles. The number of hydrogen-bond donors (Lipinski definition) is 1. The largest absolute Gasteiger partial charge is 0.310 e. The lowest BCUT2D eigenvalue weighted by Crippen LogP contribution is -2.27. The normalized spacial score (nSPS) is 18.5. The Hall–Kier alpha value is -0.820. The van der Waals surface area contributed by atoms with Gasteiger partial charge in [0.25, 0.3) is 0 Å². The van der Waals surface area contributed by atoms with E-state index in [9.17, 15) is 0 Å². The second-order valence-electron chi connectivity index (χ2n) is 5.39. The van der Waals surface area contributed by atoms with Gasteiger partial charge in [-0.3, -0.25) is 0 Å². The molecule has 1 N–H and O–H groups in total.